The Morgan fingerprint density at radius 3 is 2.40 bits per heavy atom. The SMILES string of the molecule is Cc1cc(C)c(NC2CCC3(CC2)OCCO3)c(Br)c1. The Morgan fingerprint density at radius 1 is 1.15 bits per heavy atom. The van der Waals surface area contributed by atoms with Gasteiger partial charge in [0.1, 0.15) is 0 Å². The first-order valence-corrected chi connectivity index (χ1v) is 8.18. The smallest absolute Gasteiger partial charge is 0.168 e. The van der Waals surface area contributed by atoms with Crippen molar-refractivity contribution in [2.24, 2.45) is 0 Å². The fourth-order valence-corrected chi connectivity index (χ4v) is 4.08. The molecule has 1 spiro atoms. The summed E-state index contributed by atoms with van der Waals surface area (Å²) >= 11 is 3.67. The first kappa shape index (κ1) is 14.4. The molecule has 0 aromatic heterocycles. The number of aryl methyl sites for hydroxylation is 2. The molecule has 0 atom stereocenters. The number of hydrogen-bond acceptors (Lipinski definition) is 3. The van der Waals surface area contributed by atoms with Gasteiger partial charge >= 0.3 is 0 Å². The molecule has 1 aromatic carbocycles. The maximum atomic E-state index is 5.78. The van der Waals surface area contributed by atoms with Gasteiger partial charge in [0.25, 0.3) is 0 Å². The van der Waals surface area contributed by atoms with Gasteiger partial charge in [-0.1, -0.05) is 6.07 Å². The summed E-state index contributed by atoms with van der Waals surface area (Å²) in [5.41, 5.74) is 3.81. The molecule has 4 heteroatoms. The number of benzene rings is 1. The zero-order valence-corrected chi connectivity index (χ0v) is 13.8. The third-order valence-corrected chi connectivity index (χ3v) is 4.97. The molecule has 0 unspecified atom stereocenters. The minimum atomic E-state index is -0.266. The molecule has 0 bridgehead atoms. The van der Waals surface area contributed by atoms with Crippen molar-refractivity contribution in [3.63, 3.8) is 0 Å². The largest absolute Gasteiger partial charge is 0.381 e. The van der Waals surface area contributed by atoms with Crippen molar-refractivity contribution >= 4 is 21.6 Å². The number of anilines is 1. The van der Waals surface area contributed by atoms with Gasteiger partial charge in [0.05, 0.1) is 18.9 Å². The van der Waals surface area contributed by atoms with Crippen LogP contribution in [-0.2, 0) is 9.47 Å². The van der Waals surface area contributed by atoms with E-state index >= 15 is 0 Å². The van der Waals surface area contributed by atoms with Gasteiger partial charge in [0.2, 0.25) is 0 Å². The number of halogens is 1. The minimum Gasteiger partial charge on any atom is -0.381 e. The van der Waals surface area contributed by atoms with Crippen molar-refractivity contribution in [1.82, 2.24) is 0 Å². The zero-order chi connectivity index (χ0) is 14.2. The molecule has 110 valence electrons. The van der Waals surface area contributed by atoms with Crippen LogP contribution in [0.1, 0.15) is 36.8 Å². The first-order valence-electron chi connectivity index (χ1n) is 7.39. The van der Waals surface area contributed by atoms with Gasteiger partial charge in [0, 0.05) is 23.4 Å². The lowest BCUT2D eigenvalue weighted by Gasteiger charge is -2.36. The van der Waals surface area contributed by atoms with E-state index in [0.717, 1.165) is 43.4 Å². The predicted molar refractivity (Wildman–Crippen MR) is 84.1 cm³/mol. The van der Waals surface area contributed by atoms with Gasteiger partial charge in [-0.05, 0) is 59.8 Å². The molecule has 1 heterocycles. The Hall–Kier alpha value is -0.580. The van der Waals surface area contributed by atoms with E-state index < -0.39 is 0 Å². The second-order valence-corrected chi connectivity index (χ2v) is 6.82. The molecule has 1 saturated heterocycles. The Morgan fingerprint density at radius 2 is 1.80 bits per heavy atom. The highest BCUT2D eigenvalue weighted by Gasteiger charge is 2.40. The highest BCUT2D eigenvalue weighted by atomic mass is 79.9. The molecule has 1 saturated carbocycles. The standard InChI is InChI=1S/C16H22BrNO2/c1-11-9-12(2)15(14(17)10-11)18-13-3-5-16(6-4-13)19-7-8-20-16/h9-10,13,18H,3-8H2,1-2H3. The highest BCUT2D eigenvalue weighted by molar-refractivity contribution is 9.10. The molecule has 3 rings (SSSR count). The minimum absolute atomic E-state index is 0.266. The monoisotopic (exact) mass is 339 g/mol. The molecular formula is C16H22BrNO2. The lowest BCUT2D eigenvalue weighted by molar-refractivity contribution is -0.177. The molecule has 1 N–H and O–H groups in total. The second-order valence-electron chi connectivity index (χ2n) is 5.96. The molecule has 2 fully saturated rings. The fourth-order valence-electron chi connectivity index (χ4n) is 3.29. The summed E-state index contributed by atoms with van der Waals surface area (Å²) in [6.45, 7) is 5.79. The Labute approximate surface area is 129 Å². The molecule has 20 heavy (non-hydrogen) atoms. The summed E-state index contributed by atoms with van der Waals surface area (Å²) in [4.78, 5) is 0. The van der Waals surface area contributed by atoms with Crippen molar-refractivity contribution in [2.45, 2.75) is 51.4 Å². The average Bonchev–Trinajstić information content (AvgIpc) is 2.85. The quantitative estimate of drug-likeness (QED) is 0.877. The van der Waals surface area contributed by atoms with Crippen LogP contribution in [0.5, 0.6) is 0 Å². The van der Waals surface area contributed by atoms with Crippen molar-refractivity contribution in [1.29, 1.82) is 0 Å². The van der Waals surface area contributed by atoms with Crippen LogP contribution in [-0.4, -0.2) is 25.0 Å². The molecule has 1 aliphatic carbocycles. The molecule has 3 nitrogen and oxygen atoms in total. The van der Waals surface area contributed by atoms with Crippen LogP contribution >= 0.6 is 15.9 Å². The second kappa shape index (κ2) is 5.66. The Bertz CT molecular complexity index is 464. The van der Waals surface area contributed by atoms with Crippen LogP contribution in [0.3, 0.4) is 0 Å². The van der Waals surface area contributed by atoms with E-state index in [1.807, 2.05) is 0 Å². The molecule has 0 amide bonds. The van der Waals surface area contributed by atoms with Gasteiger partial charge in [-0.25, -0.2) is 0 Å². The highest BCUT2D eigenvalue weighted by Crippen LogP contribution is 2.38. The molecular weight excluding hydrogens is 318 g/mol. The number of nitrogens with one attached hydrogen (secondary N) is 1. The normalized spacial score (nSPS) is 22.4. The van der Waals surface area contributed by atoms with Gasteiger partial charge < -0.3 is 14.8 Å². The van der Waals surface area contributed by atoms with Crippen LogP contribution in [0.2, 0.25) is 0 Å². The van der Waals surface area contributed by atoms with Crippen LogP contribution in [0, 0.1) is 13.8 Å². The maximum Gasteiger partial charge on any atom is 0.168 e. The van der Waals surface area contributed by atoms with Crippen molar-refractivity contribution in [3.8, 4) is 0 Å². The van der Waals surface area contributed by atoms with E-state index in [0.29, 0.717) is 6.04 Å². The predicted octanol–water partition coefficient (Wildman–Crippen LogP) is 4.16. The summed E-state index contributed by atoms with van der Waals surface area (Å²) in [6, 6.07) is 4.90. The summed E-state index contributed by atoms with van der Waals surface area (Å²) in [7, 11) is 0. The first-order chi connectivity index (χ1) is 9.58. The van der Waals surface area contributed by atoms with E-state index in [4.69, 9.17) is 9.47 Å². The molecule has 2 aliphatic rings. The number of rotatable bonds is 2. The topological polar surface area (TPSA) is 30.5 Å². The van der Waals surface area contributed by atoms with Crippen LogP contribution in [0.15, 0.2) is 16.6 Å². The van der Waals surface area contributed by atoms with Crippen LogP contribution < -0.4 is 5.32 Å². The van der Waals surface area contributed by atoms with Crippen LogP contribution in [0.4, 0.5) is 5.69 Å². The Balaban J connectivity index is 1.65. The van der Waals surface area contributed by atoms with Crippen molar-refractivity contribution in [2.75, 3.05) is 18.5 Å². The lowest BCUT2D eigenvalue weighted by Crippen LogP contribution is -2.39. The van der Waals surface area contributed by atoms with E-state index in [-0.39, 0.29) is 5.79 Å². The van der Waals surface area contributed by atoms with Gasteiger partial charge in [-0.2, -0.15) is 0 Å². The van der Waals surface area contributed by atoms with E-state index in [1.54, 1.807) is 0 Å². The Kier molecular flexibility index (Phi) is 4.07. The van der Waals surface area contributed by atoms with Crippen LogP contribution in [0.25, 0.3) is 0 Å². The molecule has 1 aliphatic heterocycles. The molecule has 1 aromatic rings. The third-order valence-electron chi connectivity index (χ3n) is 4.34. The summed E-state index contributed by atoms with van der Waals surface area (Å²) in [5, 5.41) is 3.69. The summed E-state index contributed by atoms with van der Waals surface area (Å²) in [5.74, 6) is -0.266. The van der Waals surface area contributed by atoms with E-state index in [9.17, 15) is 0 Å². The van der Waals surface area contributed by atoms with Gasteiger partial charge in [-0.3, -0.25) is 0 Å². The van der Waals surface area contributed by atoms with Crippen molar-refractivity contribution in [3.05, 3.63) is 27.7 Å². The average molecular weight is 340 g/mol. The third kappa shape index (κ3) is 2.87. The maximum absolute atomic E-state index is 5.78. The number of ether oxygens (including phenoxy) is 2. The van der Waals surface area contributed by atoms with Gasteiger partial charge in [-0.15, -0.1) is 0 Å². The molecule has 0 radical (unpaired) electrons. The summed E-state index contributed by atoms with van der Waals surface area (Å²) in [6.07, 6.45) is 4.18. The lowest BCUT2D eigenvalue weighted by atomic mass is 9.89. The van der Waals surface area contributed by atoms with E-state index in [1.165, 1.54) is 16.8 Å². The number of hydrogen-bond donors (Lipinski definition) is 1. The summed E-state index contributed by atoms with van der Waals surface area (Å²) < 4.78 is 12.7. The van der Waals surface area contributed by atoms with E-state index in [2.05, 4.69) is 47.2 Å². The van der Waals surface area contributed by atoms with Gasteiger partial charge in [0.15, 0.2) is 5.79 Å². The fraction of sp³-hybridized carbons (Fsp3) is 0.625. The zero-order valence-electron chi connectivity index (χ0n) is 12.2. The van der Waals surface area contributed by atoms with Crippen molar-refractivity contribution < 1.29 is 9.47 Å².